The molecule has 0 atom stereocenters. The standard InChI is InChI=1S/C8H16FN2/c9-3-1-6-11-7-2-4-10-5-8-11/h1-8H2. The zero-order chi connectivity index (χ0) is 7.94. The Morgan fingerprint density at radius 1 is 1.27 bits per heavy atom. The van der Waals surface area contributed by atoms with Crippen molar-refractivity contribution in [1.29, 1.82) is 0 Å². The lowest BCUT2D eigenvalue weighted by Gasteiger charge is -2.17. The summed E-state index contributed by atoms with van der Waals surface area (Å²) in [7, 11) is 0. The van der Waals surface area contributed by atoms with Crippen molar-refractivity contribution in [3.63, 3.8) is 0 Å². The van der Waals surface area contributed by atoms with Crippen LogP contribution in [-0.4, -0.2) is 44.3 Å². The quantitative estimate of drug-likeness (QED) is 0.591. The van der Waals surface area contributed by atoms with Gasteiger partial charge in [0.25, 0.3) is 0 Å². The molecule has 0 saturated carbocycles. The van der Waals surface area contributed by atoms with Crippen molar-refractivity contribution >= 4 is 0 Å². The maximum absolute atomic E-state index is 11.8. The fraction of sp³-hybridized carbons (Fsp3) is 1.00. The van der Waals surface area contributed by atoms with Crippen LogP contribution in [0.5, 0.6) is 0 Å². The van der Waals surface area contributed by atoms with E-state index in [1.165, 1.54) is 0 Å². The van der Waals surface area contributed by atoms with Gasteiger partial charge in [-0.05, 0) is 19.4 Å². The molecule has 1 rings (SSSR count). The van der Waals surface area contributed by atoms with Crippen LogP contribution in [-0.2, 0) is 0 Å². The molecular formula is C8H16FN2. The van der Waals surface area contributed by atoms with Crippen molar-refractivity contribution in [1.82, 2.24) is 10.2 Å². The number of hydrogen-bond donors (Lipinski definition) is 0. The molecule has 0 bridgehead atoms. The average Bonchev–Trinajstić information content (AvgIpc) is 2.28. The van der Waals surface area contributed by atoms with E-state index in [0.29, 0.717) is 6.42 Å². The van der Waals surface area contributed by atoms with Gasteiger partial charge in [-0.3, -0.25) is 4.39 Å². The number of hydrogen-bond acceptors (Lipinski definition) is 1. The first kappa shape index (κ1) is 8.94. The molecule has 0 amide bonds. The van der Waals surface area contributed by atoms with Gasteiger partial charge in [0.2, 0.25) is 0 Å². The minimum Gasteiger partial charge on any atom is -0.302 e. The van der Waals surface area contributed by atoms with E-state index in [1.54, 1.807) is 0 Å². The number of halogens is 1. The zero-order valence-corrected chi connectivity index (χ0v) is 6.93. The maximum atomic E-state index is 11.8. The Kier molecular flexibility index (Phi) is 4.47. The van der Waals surface area contributed by atoms with Crippen LogP contribution in [0, 0.1) is 0 Å². The number of alkyl halides is 1. The van der Waals surface area contributed by atoms with Gasteiger partial charge in [-0.25, -0.2) is 5.32 Å². The molecule has 0 aromatic carbocycles. The highest BCUT2D eigenvalue weighted by molar-refractivity contribution is 4.64. The second kappa shape index (κ2) is 5.49. The summed E-state index contributed by atoms with van der Waals surface area (Å²) in [5, 5.41) is 4.29. The SMILES string of the molecule is FCCCN1CCC[N]CC1. The number of rotatable bonds is 3. The average molecular weight is 159 g/mol. The van der Waals surface area contributed by atoms with Gasteiger partial charge in [-0.15, -0.1) is 0 Å². The molecule has 1 radical (unpaired) electrons. The summed E-state index contributed by atoms with van der Waals surface area (Å²) < 4.78 is 11.8. The van der Waals surface area contributed by atoms with Crippen molar-refractivity contribution in [2.45, 2.75) is 12.8 Å². The molecule has 1 aliphatic rings. The van der Waals surface area contributed by atoms with Gasteiger partial charge in [-0.1, -0.05) is 0 Å². The topological polar surface area (TPSA) is 17.3 Å². The van der Waals surface area contributed by atoms with Crippen molar-refractivity contribution < 1.29 is 4.39 Å². The lowest BCUT2D eigenvalue weighted by molar-refractivity contribution is 0.274. The molecule has 0 aromatic rings. The first-order valence-corrected chi connectivity index (χ1v) is 4.35. The van der Waals surface area contributed by atoms with Crippen LogP contribution in [0.2, 0.25) is 0 Å². The zero-order valence-electron chi connectivity index (χ0n) is 6.93. The monoisotopic (exact) mass is 159 g/mol. The van der Waals surface area contributed by atoms with Gasteiger partial charge in [0, 0.05) is 26.2 Å². The number of nitrogens with zero attached hydrogens (tertiary/aromatic N) is 2. The molecule has 65 valence electrons. The van der Waals surface area contributed by atoms with Gasteiger partial charge in [0.1, 0.15) is 0 Å². The first-order valence-electron chi connectivity index (χ1n) is 4.35. The van der Waals surface area contributed by atoms with E-state index in [4.69, 9.17) is 0 Å². The van der Waals surface area contributed by atoms with Crippen LogP contribution in [0.4, 0.5) is 4.39 Å². The Balaban J connectivity index is 2.09. The van der Waals surface area contributed by atoms with Gasteiger partial charge in [0.15, 0.2) is 0 Å². The maximum Gasteiger partial charge on any atom is 0.0906 e. The summed E-state index contributed by atoms with van der Waals surface area (Å²) >= 11 is 0. The summed E-state index contributed by atoms with van der Waals surface area (Å²) in [5.41, 5.74) is 0. The summed E-state index contributed by atoms with van der Waals surface area (Å²) in [6, 6.07) is 0. The Bertz CT molecular complexity index is 90.1. The van der Waals surface area contributed by atoms with Gasteiger partial charge >= 0.3 is 0 Å². The van der Waals surface area contributed by atoms with Gasteiger partial charge in [0.05, 0.1) is 6.67 Å². The van der Waals surface area contributed by atoms with E-state index < -0.39 is 0 Å². The van der Waals surface area contributed by atoms with Crippen LogP contribution in [0.1, 0.15) is 12.8 Å². The molecule has 1 saturated heterocycles. The summed E-state index contributed by atoms with van der Waals surface area (Å²) in [6.07, 6.45) is 1.83. The third-order valence-electron chi connectivity index (χ3n) is 1.97. The molecule has 1 fully saturated rings. The van der Waals surface area contributed by atoms with Crippen molar-refractivity contribution in [3.05, 3.63) is 0 Å². The molecule has 0 unspecified atom stereocenters. The minimum atomic E-state index is -0.187. The summed E-state index contributed by atoms with van der Waals surface area (Å²) in [4.78, 5) is 2.30. The highest BCUT2D eigenvalue weighted by Gasteiger charge is 2.07. The molecule has 0 aromatic heterocycles. The van der Waals surface area contributed by atoms with E-state index in [-0.39, 0.29) is 6.67 Å². The van der Waals surface area contributed by atoms with Gasteiger partial charge in [-0.2, -0.15) is 0 Å². The smallest absolute Gasteiger partial charge is 0.0906 e. The molecule has 2 nitrogen and oxygen atoms in total. The van der Waals surface area contributed by atoms with Crippen molar-refractivity contribution in [2.24, 2.45) is 0 Å². The Labute approximate surface area is 67.8 Å². The Morgan fingerprint density at radius 2 is 2.18 bits per heavy atom. The van der Waals surface area contributed by atoms with Crippen molar-refractivity contribution in [3.8, 4) is 0 Å². The lowest BCUT2D eigenvalue weighted by atomic mass is 10.3. The van der Waals surface area contributed by atoms with E-state index in [2.05, 4.69) is 10.2 Å². The molecule has 0 spiro atoms. The van der Waals surface area contributed by atoms with Crippen LogP contribution in [0.15, 0.2) is 0 Å². The highest BCUT2D eigenvalue weighted by Crippen LogP contribution is 1.97. The fourth-order valence-electron chi connectivity index (χ4n) is 1.35. The van der Waals surface area contributed by atoms with E-state index >= 15 is 0 Å². The van der Waals surface area contributed by atoms with E-state index in [0.717, 1.165) is 39.1 Å². The second-order valence-corrected chi connectivity index (χ2v) is 2.91. The van der Waals surface area contributed by atoms with Gasteiger partial charge < -0.3 is 4.90 Å². The van der Waals surface area contributed by atoms with Crippen LogP contribution >= 0.6 is 0 Å². The molecule has 3 heteroatoms. The molecule has 1 aliphatic heterocycles. The molecule has 11 heavy (non-hydrogen) atoms. The van der Waals surface area contributed by atoms with Crippen LogP contribution in [0.3, 0.4) is 0 Å². The molecule has 1 heterocycles. The Morgan fingerprint density at radius 3 is 3.00 bits per heavy atom. The fourth-order valence-corrected chi connectivity index (χ4v) is 1.35. The predicted molar refractivity (Wildman–Crippen MR) is 43.5 cm³/mol. The molecule has 0 N–H and O–H groups in total. The normalized spacial score (nSPS) is 21.5. The van der Waals surface area contributed by atoms with E-state index in [1.807, 2.05) is 0 Å². The lowest BCUT2D eigenvalue weighted by Crippen LogP contribution is -2.28. The molecular weight excluding hydrogens is 143 g/mol. The second-order valence-electron chi connectivity index (χ2n) is 2.91. The molecule has 0 aliphatic carbocycles. The third-order valence-corrected chi connectivity index (χ3v) is 1.97. The predicted octanol–water partition coefficient (Wildman–Crippen LogP) is 0.656. The summed E-state index contributed by atoms with van der Waals surface area (Å²) in [5.74, 6) is 0. The largest absolute Gasteiger partial charge is 0.302 e. The summed E-state index contributed by atoms with van der Waals surface area (Å²) in [6.45, 7) is 4.78. The van der Waals surface area contributed by atoms with Crippen molar-refractivity contribution in [2.75, 3.05) is 39.4 Å². The van der Waals surface area contributed by atoms with Crippen LogP contribution < -0.4 is 5.32 Å². The minimum absolute atomic E-state index is 0.187. The van der Waals surface area contributed by atoms with E-state index in [9.17, 15) is 4.39 Å². The highest BCUT2D eigenvalue weighted by atomic mass is 19.1. The van der Waals surface area contributed by atoms with Crippen LogP contribution in [0.25, 0.3) is 0 Å². The third kappa shape index (κ3) is 3.68. The Hall–Kier alpha value is -0.150. The first-order chi connectivity index (χ1) is 5.43.